The van der Waals surface area contributed by atoms with Gasteiger partial charge in [-0.15, -0.1) is 11.6 Å². The summed E-state index contributed by atoms with van der Waals surface area (Å²) in [5, 5.41) is 18.9. The summed E-state index contributed by atoms with van der Waals surface area (Å²) < 4.78 is 24.1. The maximum absolute atomic E-state index is 11.1. The third-order valence-electron chi connectivity index (χ3n) is 1.59. The molecular formula is C7H7ClN2O5S. The maximum Gasteiger partial charge on any atom is 0.296 e. The van der Waals surface area contributed by atoms with E-state index in [4.69, 9.17) is 16.7 Å². The van der Waals surface area contributed by atoms with Crippen LogP contribution in [0.25, 0.3) is 0 Å². The number of sulfonamides is 1. The van der Waals surface area contributed by atoms with Gasteiger partial charge in [0, 0.05) is 0 Å². The minimum absolute atomic E-state index is 0.247. The number of nitrogens with zero attached hydrogens (tertiary/aromatic N) is 1. The lowest BCUT2D eigenvalue weighted by Crippen LogP contribution is -2.14. The van der Waals surface area contributed by atoms with Gasteiger partial charge in [0.05, 0.1) is 11.0 Å². The van der Waals surface area contributed by atoms with Crippen molar-refractivity contribution in [1.29, 1.82) is 0 Å². The van der Waals surface area contributed by atoms with E-state index >= 15 is 0 Å². The molecule has 0 bridgehead atoms. The fourth-order valence-electron chi connectivity index (χ4n) is 0.952. The molecule has 0 heterocycles. The Labute approximate surface area is 95.9 Å². The number of halogens is 1. The van der Waals surface area contributed by atoms with Gasteiger partial charge in [-0.1, -0.05) is 0 Å². The molecule has 9 heteroatoms. The van der Waals surface area contributed by atoms with Crippen LogP contribution in [0.3, 0.4) is 0 Å². The molecule has 2 N–H and O–H groups in total. The zero-order valence-electron chi connectivity index (χ0n) is 7.75. The smallest absolute Gasteiger partial charge is 0.296 e. The highest BCUT2D eigenvalue weighted by Gasteiger charge is 2.18. The van der Waals surface area contributed by atoms with Crippen LogP contribution in [0.4, 0.5) is 11.4 Å². The molecule has 88 valence electrons. The predicted octanol–water partition coefficient (Wildman–Crippen LogP) is 1.24. The Balaban J connectivity index is 3.19. The zero-order chi connectivity index (χ0) is 12.3. The number of phenolic OH excluding ortho intramolecular Hbond substituents is 1. The van der Waals surface area contributed by atoms with Gasteiger partial charge in [0.2, 0.25) is 10.0 Å². The summed E-state index contributed by atoms with van der Waals surface area (Å²) in [5.41, 5.74) is -0.794. The number of rotatable bonds is 4. The first-order valence-corrected chi connectivity index (χ1v) is 6.08. The molecule has 0 aliphatic carbocycles. The van der Waals surface area contributed by atoms with E-state index in [1.54, 1.807) is 0 Å². The van der Waals surface area contributed by atoms with E-state index in [0.717, 1.165) is 18.2 Å². The van der Waals surface area contributed by atoms with Gasteiger partial charge in [0.15, 0.2) is 0 Å². The highest BCUT2D eigenvalue weighted by molar-refractivity contribution is 7.93. The third kappa shape index (κ3) is 2.97. The molecule has 0 fully saturated rings. The van der Waals surface area contributed by atoms with Crippen molar-refractivity contribution in [3.05, 3.63) is 28.3 Å². The van der Waals surface area contributed by atoms with Crippen molar-refractivity contribution in [3.8, 4) is 5.75 Å². The number of nitro benzene ring substituents is 1. The minimum Gasteiger partial charge on any atom is -0.508 e. The SMILES string of the molecule is O=[N+]([O-])c1cc(O)ccc1NS(=O)(=O)CCl. The first kappa shape index (κ1) is 12.5. The molecular weight excluding hydrogens is 260 g/mol. The molecule has 7 nitrogen and oxygen atoms in total. The number of hydrogen-bond acceptors (Lipinski definition) is 5. The third-order valence-corrected chi connectivity index (χ3v) is 3.27. The molecule has 0 spiro atoms. The summed E-state index contributed by atoms with van der Waals surface area (Å²) in [6.07, 6.45) is 0. The second kappa shape index (κ2) is 4.54. The molecule has 0 saturated carbocycles. The fourth-order valence-corrected chi connectivity index (χ4v) is 1.68. The monoisotopic (exact) mass is 266 g/mol. The van der Waals surface area contributed by atoms with Gasteiger partial charge < -0.3 is 5.11 Å². The van der Waals surface area contributed by atoms with Crippen LogP contribution in [0.1, 0.15) is 0 Å². The summed E-state index contributed by atoms with van der Waals surface area (Å²) >= 11 is 5.14. The Hall–Kier alpha value is -1.54. The van der Waals surface area contributed by atoms with Gasteiger partial charge in [0.25, 0.3) is 5.69 Å². The van der Waals surface area contributed by atoms with Crippen molar-refractivity contribution in [2.24, 2.45) is 0 Å². The number of nitro groups is 1. The molecule has 0 saturated heterocycles. The maximum atomic E-state index is 11.1. The highest BCUT2D eigenvalue weighted by atomic mass is 35.5. The zero-order valence-corrected chi connectivity index (χ0v) is 9.33. The molecule has 1 rings (SSSR count). The van der Waals surface area contributed by atoms with Crippen LogP contribution in [0.15, 0.2) is 18.2 Å². The average Bonchev–Trinajstić information content (AvgIpc) is 2.20. The molecule has 0 radical (unpaired) electrons. The van der Waals surface area contributed by atoms with Gasteiger partial charge >= 0.3 is 0 Å². The topological polar surface area (TPSA) is 110 Å². The second-order valence-electron chi connectivity index (χ2n) is 2.78. The highest BCUT2D eigenvalue weighted by Crippen LogP contribution is 2.29. The van der Waals surface area contributed by atoms with Gasteiger partial charge in [-0.25, -0.2) is 8.42 Å². The lowest BCUT2D eigenvalue weighted by molar-refractivity contribution is -0.384. The number of nitrogens with one attached hydrogen (secondary N) is 1. The summed E-state index contributed by atoms with van der Waals surface area (Å²) in [6.45, 7) is 0. The Kier molecular flexibility index (Phi) is 3.55. The molecule has 0 aromatic heterocycles. The Morgan fingerprint density at radius 3 is 2.62 bits per heavy atom. The number of hydrogen-bond donors (Lipinski definition) is 2. The van der Waals surface area contributed by atoms with Crippen LogP contribution >= 0.6 is 11.6 Å². The van der Waals surface area contributed by atoms with E-state index < -0.39 is 25.8 Å². The average molecular weight is 267 g/mol. The molecule has 0 amide bonds. The normalized spacial score (nSPS) is 11.1. The van der Waals surface area contributed by atoms with Crippen LogP contribution in [0, 0.1) is 10.1 Å². The van der Waals surface area contributed by atoms with Crippen LogP contribution in [0.5, 0.6) is 5.75 Å². The first-order chi connectivity index (χ1) is 7.35. The van der Waals surface area contributed by atoms with Crippen LogP contribution < -0.4 is 4.72 Å². The summed E-state index contributed by atoms with van der Waals surface area (Å²) in [5.74, 6) is -0.333. The Morgan fingerprint density at radius 1 is 1.50 bits per heavy atom. The van der Waals surface area contributed by atoms with Crippen molar-refractivity contribution in [2.75, 3.05) is 9.93 Å². The summed E-state index contributed by atoms with van der Waals surface area (Å²) in [6, 6.07) is 3.04. The Morgan fingerprint density at radius 2 is 2.12 bits per heavy atom. The van der Waals surface area contributed by atoms with Crippen molar-refractivity contribution < 1.29 is 18.4 Å². The van der Waals surface area contributed by atoms with Gasteiger partial charge in [0.1, 0.15) is 16.6 Å². The van der Waals surface area contributed by atoms with E-state index in [1.807, 2.05) is 4.72 Å². The van der Waals surface area contributed by atoms with Crippen molar-refractivity contribution in [2.45, 2.75) is 0 Å². The van der Waals surface area contributed by atoms with Crippen molar-refractivity contribution in [3.63, 3.8) is 0 Å². The van der Waals surface area contributed by atoms with E-state index in [-0.39, 0.29) is 11.4 Å². The van der Waals surface area contributed by atoms with Crippen LogP contribution in [-0.4, -0.2) is 23.7 Å². The Bertz CT molecular complexity index is 516. The quantitative estimate of drug-likeness (QED) is 0.369. The van der Waals surface area contributed by atoms with Crippen LogP contribution in [-0.2, 0) is 10.0 Å². The van der Waals surface area contributed by atoms with Gasteiger partial charge in [-0.2, -0.15) is 0 Å². The number of anilines is 1. The van der Waals surface area contributed by atoms with Crippen molar-refractivity contribution >= 4 is 33.0 Å². The van der Waals surface area contributed by atoms with E-state index in [9.17, 15) is 18.5 Å². The van der Waals surface area contributed by atoms with Crippen molar-refractivity contribution in [1.82, 2.24) is 0 Å². The molecule has 0 aliphatic rings. The van der Waals surface area contributed by atoms with E-state index in [0.29, 0.717) is 0 Å². The van der Waals surface area contributed by atoms with E-state index in [1.165, 1.54) is 0 Å². The lowest BCUT2D eigenvalue weighted by Gasteiger charge is -2.05. The fraction of sp³-hybridized carbons (Fsp3) is 0.143. The second-order valence-corrected chi connectivity index (χ2v) is 5.09. The predicted molar refractivity (Wildman–Crippen MR) is 58.0 cm³/mol. The number of benzene rings is 1. The van der Waals surface area contributed by atoms with Crippen LogP contribution in [0.2, 0.25) is 0 Å². The molecule has 0 atom stereocenters. The molecule has 1 aromatic rings. The molecule has 0 aliphatic heterocycles. The van der Waals surface area contributed by atoms with Gasteiger partial charge in [-0.3, -0.25) is 14.8 Å². The number of phenols is 1. The van der Waals surface area contributed by atoms with Gasteiger partial charge in [-0.05, 0) is 12.1 Å². The number of alkyl halides is 1. The molecule has 16 heavy (non-hydrogen) atoms. The van der Waals surface area contributed by atoms with E-state index in [2.05, 4.69) is 0 Å². The first-order valence-electron chi connectivity index (χ1n) is 3.89. The molecule has 0 unspecified atom stereocenters. The minimum atomic E-state index is -3.81. The largest absolute Gasteiger partial charge is 0.508 e. The summed E-state index contributed by atoms with van der Waals surface area (Å²) in [4.78, 5) is 9.76. The lowest BCUT2D eigenvalue weighted by atomic mass is 10.2. The number of aromatic hydroxyl groups is 1. The standard InChI is InChI=1S/C7H7ClN2O5S/c8-4-16(14,15)9-6-2-1-5(11)3-7(6)10(12)13/h1-3,9,11H,4H2. The summed E-state index contributed by atoms with van der Waals surface area (Å²) in [7, 11) is -3.81. The molecule has 1 aromatic carbocycles.